The van der Waals surface area contributed by atoms with E-state index in [0.29, 0.717) is 5.88 Å². The Morgan fingerprint density at radius 2 is 2.00 bits per heavy atom. The number of hydrogen-bond donors (Lipinski definition) is 1. The molecule has 4 nitrogen and oxygen atoms in total. The molecule has 2 aromatic rings. The predicted molar refractivity (Wildman–Crippen MR) is 86.8 cm³/mol. The average Bonchev–Trinajstić information content (AvgIpc) is 2.49. The van der Waals surface area contributed by atoms with Crippen LogP contribution in [0.25, 0.3) is 6.08 Å². The molecular weight excluding hydrogens is 262 g/mol. The molecule has 1 heterocycles. The molecule has 0 saturated carbocycles. The molecule has 1 aromatic heterocycles. The van der Waals surface area contributed by atoms with Gasteiger partial charge in [-0.1, -0.05) is 37.3 Å². The van der Waals surface area contributed by atoms with Crippen LogP contribution in [0.4, 0.5) is 5.82 Å². The summed E-state index contributed by atoms with van der Waals surface area (Å²) < 4.78 is 5.95. The number of ether oxygens (including phenoxy) is 1. The molecule has 110 valence electrons. The first kappa shape index (κ1) is 15.0. The Morgan fingerprint density at radius 1 is 1.19 bits per heavy atom. The normalized spacial score (nSPS) is 10.8. The van der Waals surface area contributed by atoms with Crippen LogP contribution < -0.4 is 10.1 Å². The van der Waals surface area contributed by atoms with Crippen LogP contribution in [0, 0.1) is 0 Å². The fraction of sp³-hybridized carbons (Fsp3) is 0.294. The fourth-order valence-electron chi connectivity index (χ4n) is 1.96. The standard InChI is InChI=1S/C17H21N3O/c1-4-9-13-10-7-8-11-14(13)21-17-12-16(18-6-3)19-15(5-2)20-17/h4,7-12H,5-6H2,1-3H3,(H,18,19,20)/b9-4+. The zero-order valence-corrected chi connectivity index (χ0v) is 12.8. The highest BCUT2D eigenvalue weighted by molar-refractivity contribution is 5.57. The topological polar surface area (TPSA) is 47.0 Å². The van der Waals surface area contributed by atoms with E-state index in [1.807, 2.05) is 63.3 Å². The molecule has 4 heteroatoms. The van der Waals surface area contributed by atoms with Crippen molar-refractivity contribution < 1.29 is 4.74 Å². The summed E-state index contributed by atoms with van der Waals surface area (Å²) in [6.07, 6.45) is 4.78. The SMILES string of the molecule is C/C=C/c1ccccc1Oc1cc(NCC)nc(CC)n1. The molecular formula is C17H21N3O. The molecule has 0 amide bonds. The van der Waals surface area contributed by atoms with Crippen molar-refractivity contribution in [2.45, 2.75) is 27.2 Å². The van der Waals surface area contributed by atoms with E-state index in [1.54, 1.807) is 0 Å². The first-order valence-corrected chi connectivity index (χ1v) is 7.28. The molecule has 21 heavy (non-hydrogen) atoms. The maximum Gasteiger partial charge on any atom is 0.224 e. The molecule has 0 aliphatic rings. The third-order valence-electron chi connectivity index (χ3n) is 2.90. The lowest BCUT2D eigenvalue weighted by atomic mass is 10.2. The van der Waals surface area contributed by atoms with Gasteiger partial charge < -0.3 is 10.1 Å². The lowest BCUT2D eigenvalue weighted by molar-refractivity contribution is 0.458. The summed E-state index contributed by atoms with van der Waals surface area (Å²) in [7, 11) is 0. The Kier molecular flexibility index (Phi) is 5.32. The van der Waals surface area contributed by atoms with Gasteiger partial charge in [0, 0.05) is 24.6 Å². The number of allylic oxidation sites excluding steroid dienone is 1. The summed E-state index contributed by atoms with van der Waals surface area (Å²) in [6, 6.07) is 9.73. The number of benzene rings is 1. The second-order valence-electron chi connectivity index (χ2n) is 4.53. The minimum absolute atomic E-state index is 0.565. The van der Waals surface area contributed by atoms with Gasteiger partial charge in [0.2, 0.25) is 5.88 Å². The highest BCUT2D eigenvalue weighted by atomic mass is 16.5. The number of aromatic nitrogens is 2. The van der Waals surface area contributed by atoms with Crippen molar-refractivity contribution in [3.8, 4) is 11.6 Å². The molecule has 2 rings (SSSR count). The predicted octanol–water partition coefficient (Wildman–Crippen LogP) is 4.30. The average molecular weight is 283 g/mol. The van der Waals surface area contributed by atoms with Crippen molar-refractivity contribution in [2.75, 3.05) is 11.9 Å². The molecule has 1 aromatic carbocycles. The van der Waals surface area contributed by atoms with Crippen LogP contribution in [0.3, 0.4) is 0 Å². The van der Waals surface area contributed by atoms with E-state index >= 15 is 0 Å². The Hall–Kier alpha value is -2.36. The molecule has 0 aliphatic heterocycles. The Balaban J connectivity index is 2.32. The minimum atomic E-state index is 0.565. The molecule has 0 spiro atoms. The summed E-state index contributed by atoms with van der Waals surface area (Å²) in [4.78, 5) is 8.86. The molecule has 0 saturated heterocycles. The van der Waals surface area contributed by atoms with Crippen LogP contribution in [0.15, 0.2) is 36.4 Å². The minimum Gasteiger partial charge on any atom is -0.438 e. The van der Waals surface area contributed by atoms with Crippen LogP contribution in [0.5, 0.6) is 11.6 Å². The fourth-order valence-corrected chi connectivity index (χ4v) is 1.96. The number of rotatable bonds is 6. The van der Waals surface area contributed by atoms with Crippen LogP contribution in [-0.4, -0.2) is 16.5 Å². The van der Waals surface area contributed by atoms with Gasteiger partial charge in [0.1, 0.15) is 17.4 Å². The van der Waals surface area contributed by atoms with Crippen LogP contribution in [-0.2, 0) is 6.42 Å². The van der Waals surface area contributed by atoms with Crippen LogP contribution in [0.1, 0.15) is 32.2 Å². The van der Waals surface area contributed by atoms with Gasteiger partial charge >= 0.3 is 0 Å². The number of anilines is 1. The van der Waals surface area contributed by atoms with Crippen molar-refractivity contribution in [3.05, 3.63) is 47.8 Å². The summed E-state index contributed by atoms with van der Waals surface area (Å²) in [5.41, 5.74) is 1.03. The second kappa shape index (κ2) is 7.43. The number of aryl methyl sites for hydroxylation is 1. The summed E-state index contributed by atoms with van der Waals surface area (Å²) >= 11 is 0. The number of nitrogens with zero attached hydrogens (tertiary/aromatic N) is 2. The van der Waals surface area contributed by atoms with Crippen LogP contribution in [0.2, 0.25) is 0 Å². The van der Waals surface area contributed by atoms with Gasteiger partial charge in [0.25, 0.3) is 0 Å². The largest absolute Gasteiger partial charge is 0.438 e. The number of para-hydroxylation sites is 1. The van der Waals surface area contributed by atoms with Gasteiger partial charge in [-0.2, -0.15) is 4.98 Å². The van der Waals surface area contributed by atoms with Crippen molar-refractivity contribution in [2.24, 2.45) is 0 Å². The highest BCUT2D eigenvalue weighted by Crippen LogP contribution is 2.26. The van der Waals surface area contributed by atoms with Gasteiger partial charge in [-0.3, -0.25) is 0 Å². The summed E-state index contributed by atoms with van der Waals surface area (Å²) in [5.74, 6) is 2.92. The van der Waals surface area contributed by atoms with E-state index in [9.17, 15) is 0 Å². The first-order valence-electron chi connectivity index (χ1n) is 7.28. The van der Waals surface area contributed by atoms with E-state index < -0.39 is 0 Å². The third kappa shape index (κ3) is 4.05. The monoisotopic (exact) mass is 283 g/mol. The van der Waals surface area contributed by atoms with Gasteiger partial charge in [0.15, 0.2) is 0 Å². The molecule has 0 unspecified atom stereocenters. The summed E-state index contributed by atoms with van der Waals surface area (Å²) in [6.45, 7) is 6.87. The molecule has 1 N–H and O–H groups in total. The Labute approximate surface area is 125 Å². The lowest BCUT2D eigenvalue weighted by Gasteiger charge is -2.11. The number of hydrogen-bond acceptors (Lipinski definition) is 4. The lowest BCUT2D eigenvalue weighted by Crippen LogP contribution is -2.04. The van der Waals surface area contributed by atoms with E-state index in [-0.39, 0.29) is 0 Å². The van der Waals surface area contributed by atoms with E-state index in [4.69, 9.17) is 4.74 Å². The van der Waals surface area contributed by atoms with Gasteiger partial charge in [-0.05, 0) is 19.9 Å². The van der Waals surface area contributed by atoms with Crippen molar-refractivity contribution in [1.29, 1.82) is 0 Å². The second-order valence-corrected chi connectivity index (χ2v) is 4.53. The first-order chi connectivity index (χ1) is 10.3. The smallest absolute Gasteiger partial charge is 0.224 e. The zero-order valence-electron chi connectivity index (χ0n) is 12.8. The van der Waals surface area contributed by atoms with Gasteiger partial charge in [-0.15, -0.1) is 0 Å². The molecule has 0 fully saturated rings. The molecule has 0 radical (unpaired) electrons. The highest BCUT2D eigenvalue weighted by Gasteiger charge is 2.07. The van der Waals surface area contributed by atoms with Crippen molar-refractivity contribution in [3.63, 3.8) is 0 Å². The van der Waals surface area contributed by atoms with Crippen LogP contribution >= 0.6 is 0 Å². The van der Waals surface area contributed by atoms with Gasteiger partial charge in [0.05, 0.1) is 0 Å². The summed E-state index contributed by atoms with van der Waals surface area (Å²) in [5, 5.41) is 3.20. The quantitative estimate of drug-likeness (QED) is 0.858. The molecule has 0 atom stereocenters. The van der Waals surface area contributed by atoms with E-state index in [1.165, 1.54) is 0 Å². The maximum absolute atomic E-state index is 5.95. The Morgan fingerprint density at radius 3 is 2.71 bits per heavy atom. The van der Waals surface area contributed by atoms with E-state index in [2.05, 4.69) is 15.3 Å². The molecule has 0 bridgehead atoms. The van der Waals surface area contributed by atoms with E-state index in [0.717, 1.165) is 35.9 Å². The third-order valence-corrected chi connectivity index (χ3v) is 2.90. The van der Waals surface area contributed by atoms with Crippen molar-refractivity contribution >= 4 is 11.9 Å². The molecule has 0 aliphatic carbocycles. The van der Waals surface area contributed by atoms with Gasteiger partial charge in [-0.25, -0.2) is 4.98 Å². The van der Waals surface area contributed by atoms with Crippen molar-refractivity contribution in [1.82, 2.24) is 9.97 Å². The number of nitrogens with one attached hydrogen (secondary N) is 1. The maximum atomic E-state index is 5.95. The Bertz CT molecular complexity index is 623. The zero-order chi connectivity index (χ0) is 15.1.